The van der Waals surface area contributed by atoms with Gasteiger partial charge in [0.25, 0.3) is 0 Å². The molecule has 2 atom stereocenters. The van der Waals surface area contributed by atoms with E-state index < -0.39 is 12.1 Å². The lowest BCUT2D eigenvalue weighted by atomic mass is 9.96. The molecule has 0 saturated carbocycles. The first kappa shape index (κ1) is 14.6. The number of carboxylic acids is 1. The number of hydrogen-bond acceptors (Lipinski definition) is 3. The van der Waals surface area contributed by atoms with Crippen LogP contribution in [0.4, 0.5) is 0 Å². The summed E-state index contributed by atoms with van der Waals surface area (Å²) in [5.41, 5.74) is 0.565. The van der Waals surface area contributed by atoms with E-state index in [9.17, 15) is 14.7 Å². The van der Waals surface area contributed by atoms with Crippen molar-refractivity contribution in [1.82, 2.24) is 0 Å². The SMILES string of the molecule is CCC(C/C=C\C1=CC(O)CC1=O)CCC(=O)O. The van der Waals surface area contributed by atoms with Gasteiger partial charge in [0.2, 0.25) is 0 Å². The molecule has 4 nitrogen and oxygen atoms in total. The molecule has 18 heavy (non-hydrogen) atoms. The Bertz CT molecular complexity index is 368. The van der Waals surface area contributed by atoms with E-state index in [2.05, 4.69) is 0 Å². The van der Waals surface area contributed by atoms with Crippen LogP contribution in [0.2, 0.25) is 0 Å². The summed E-state index contributed by atoms with van der Waals surface area (Å²) in [5.74, 6) is -0.467. The van der Waals surface area contributed by atoms with Gasteiger partial charge >= 0.3 is 5.97 Å². The third kappa shape index (κ3) is 4.84. The number of rotatable bonds is 7. The van der Waals surface area contributed by atoms with Gasteiger partial charge in [-0.1, -0.05) is 25.5 Å². The van der Waals surface area contributed by atoms with Crippen molar-refractivity contribution >= 4 is 11.8 Å². The number of aliphatic hydroxyl groups excluding tert-OH is 1. The van der Waals surface area contributed by atoms with E-state index in [1.165, 1.54) is 0 Å². The van der Waals surface area contributed by atoms with Crippen molar-refractivity contribution in [3.63, 3.8) is 0 Å². The summed E-state index contributed by atoms with van der Waals surface area (Å²) >= 11 is 0. The minimum Gasteiger partial charge on any atom is -0.481 e. The second-order valence-corrected chi connectivity index (χ2v) is 4.66. The van der Waals surface area contributed by atoms with Crippen LogP contribution in [-0.2, 0) is 9.59 Å². The molecule has 0 saturated heterocycles. The molecule has 2 unspecified atom stereocenters. The van der Waals surface area contributed by atoms with Gasteiger partial charge in [-0.15, -0.1) is 0 Å². The van der Waals surface area contributed by atoms with Crippen LogP contribution in [0.5, 0.6) is 0 Å². The summed E-state index contributed by atoms with van der Waals surface area (Å²) in [5, 5.41) is 17.9. The minimum absolute atomic E-state index is 0.0302. The molecule has 0 aromatic carbocycles. The van der Waals surface area contributed by atoms with E-state index >= 15 is 0 Å². The number of aliphatic hydroxyl groups is 1. The first-order chi connectivity index (χ1) is 8.52. The largest absolute Gasteiger partial charge is 0.481 e. The van der Waals surface area contributed by atoms with Crippen LogP contribution < -0.4 is 0 Å². The molecule has 4 heteroatoms. The summed E-state index contributed by atoms with van der Waals surface area (Å²) in [4.78, 5) is 21.9. The van der Waals surface area contributed by atoms with E-state index in [0.717, 1.165) is 12.8 Å². The van der Waals surface area contributed by atoms with E-state index in [1.807, 2.05) is 13.0 Å². The van der Waals surface area contributed by atoms with Gasteiger partial charge in [-0.05, 0) is 24.8 Å². The smallest absolute Gasteiger partial charge is 0.303 e. The highest BCUT2D eigenvalue weighted by molar-refractivity contribution is 6.00. The lowest BCUT2D eigenvalue weighted by molar-refractivity contribution is -0.137. The van der Waals surface area contributed by atoms with Crippen molar-refractivity contribution in [1.29, 1.82) is 0 Å². The fourth-order valence-electron chi connectivity index (χ4n) is 2.02. The van der Waals surface area contributed by atoms with E-state index in [0.29, 0.717) is 17.9 Å². The molecule has 1 aliphatic carbocycles. The molecule has 2 N–H and O–H groups in total. The van der Waals surface area contributed by atoms with Crippen LogP contribution in [0.3, 0.4) is 0 Å². The van der Waals surface area contributed by atoms with Gasteiger partial charge < -0.3 is 10.2 Å². The highest BCUT2D eigenvalue weighted by Crippen LogP contribution is 2.19. The number of carbonyl (C=O) groups excluding carboxylic acids is 1. The zero-order chi connectivity index (χ0) is 13.5. The fraction of sp³-hybridized carbons (Fsp3) is 0.571. The molecule has 0 fully saturated rings. The Morgan fingerprint density at radius 1 is 1.61 bits per heavy atom. The second kappa shape index (κ2) is 7.11. The quantitative estimate of drug-likeness (QED) is 0.727. The summed E-state index contributed by atoms with van der Waals surface area (Å²) in [6.45, 7) is 2.03. The molecule has 0 spiro atoms. The molecule has 0 heterocycles. The summed E-state index contributed by atoms with van der Waals surface area (Å²) in [7, 11) is 0. The number of hydrogen-bond donors (Lipinski definition) is 2. The molecular weight excluding hydrogens is 232 g/mol. The Balaban J connectivity index is 2.40. The van der Waals surface area contributed by atoms with Gasteiger partial charge in [0.1, 0.15) is 0 Å². The van der Waals surface area contributed by atoms with Gasteiger partial charge in [0.05, 0.1) is 6.10 Å². The van der Waals surface area contributed by atoms with Crippen molar-refractivity contribution < 1.29 is 19.8 Å². The summed E-state index contributed by atoms with van der Waals surface area (Å²) in [6.07, 6.45) is 7.27. The number of ketones is 1. The standard InChI is InChI=1S/C14H20O4/c1-2-10(6-7-14(17)18)4-3-5-11-8-12(15)9-13(11)16/h3,5,8,10,12,15H,2,4,6-7,9H2,1H3,(H,17,18)/b5-3-. The van der Waals surface area contributed by atoms with E-state index in [-0.39, 0.29) is 18.6 Å². The molecule has 0 aromatic heterocycles. The van der Waals surface area contributed by atoms with Crippen molar-refractivity contribution in [2.45, 2.75) is 45.1 Å². The maximum Gasteiger partial charge on any atom is 0.303 e. The summed E-state index contributed by atoms with van der Waals surface area (Å²) < 4.78 is 0. The monoisotopic (exact) mass is 252 g/mol. The van der Waals surface area contributed by atoms with Crippen LogP contribution in [0, 0.1) is 5.92 Å². The van der Waals surface area contributed by atoms with Crippen LogP contribution in [0.15, 0.2) is 23.8 Å². The Morgan fingerprint density at radius 3 is 2.83 bits per heavy atom. The molecule has 1 rings (SSSR count). The average Bonchev–Trinajstić information content (AvgIpc) is 2.62. The van der Waals surface area contributed by atoms with Crippen molar-refractivity contribution in [2.24, 2.45) is 5.92 Å². The molecule has 1 aliphatic rings. The first-order valence-electron chi connectivity index (χ1n) is 6.34. The van der Waals surface area contributed by atoms with Crippen LogP contribution in [0.1, 0.15) is 39.0 Å². The predicted octanol–water partition coefficient (Wildman–Crippen LogP) is 2.08. The van der Waals surface area contributed by atoms with Crippen LogP contribution in [-0.4, -0.2) is 28.1 Å². The lowest BCUT2D eigenvalue weighted by Crippen LogP contribution is -2.03. The van der Waals surface area contributed by atoms with Gasteiger partial charge in [-0.25, -0.2) is 0 Å². The number of Topliss-reactive ketones (excluding diaryl/α,β-unsaturated/α-hetero) is 1. The molecule has 100 valence electrons. The zero-order valence-corrected chi connectivity index (χ0v) is 10.6. The molecular formula is C14H20O4. The number of carboxylic acid groups (broad SMARTS) is 1. The molecule has 0 aromatic rings. The molecule has 0 radical (unpaired) electrons. The van der Waals surface area contributed by atoms with E-state index in [1.54, 1.807) is 12.2 Å². The Morgan fingerprint density at radius 2 is 2.33 bits per heavy atom. The molecule has 0 amide bonds. The highest BCUT2D eigenvalue weighted by Gasteiger charge is 2.19. The highest BCUT2D eigenvalue weighted by atomic mass is 16.4. The normalized spacial score (nSPS) is 21.3. The van der Waals surface area contributed by atoms with Crippen molar-refractivity contribution in [2.75, 3.05) is 0 Å². The Kier molecular flexibility index (Phi) is 5.78. The third-order valence-electron chi connectivity index (χ3n) is 3.20. The summed E-state index contributed by atoms with van der Waals surface area (Å²) in [6, 6.07) is 0. The Labute approximate surface area is 107 Å². The molecule has 0 aliphatic heterocycles. The first-order valence-corrected chi connectivity index (χ1v) is 6.34. The van der Waals surface area contributed by atoms with Crippen molar-refractivity contribution in [3.05, 3.63) is 23.8 Å². The maximum absolute atomic E-state index is 11.4. The van der Waals surface area contributed by atoms with Gasteiger partial charge in [0, 0.05) is 18.4 Å². The van der Waals surface area contributed by atoms with Gasteiger partial charge in [-0.2, -0.15) is 0 Å². The molecule has 0 bridgehead atoms. The Hall–Kier alpha value is -1.42. The van der Waals surface area contributed by atoms with E-state index in [4.69, 9.17) is 5.11 Å². The second-order valence-electron chi connectivity index (χ2n) is 4.66. The van der Waals surface area contributed by atoms with Crippen molar-refractivity contribution in [3.8, 4) is 0 Å². The lowest BCUT2D eigenvalue weighted by Gasteiger charge is -2.10. The number of carbonyl (C=O) groups is 2. The topological polar surface area (TPSA) is 74.6 Å². The third-order valence-corrected chi connectivity index (χ3v) is 3.20. The van der Waals surface area contributed by atoms with Gasteiger partial charge in [-0.3, -0.25) is 9.59 Å². The fourth-order valence-corrected chi connectivity index (χ4v) is 2.02. The average molecular weight is 252 g/mol. The zero-order valence-electron chi connectivity index (χ0n) is 10.6. The minimum atomic E-state index is -0.769. The number of allylic oxidation sites excluding steroid dienone is 3. The maximum atomic E-state index is 11.4. The van der Waals surface area contributed by atoms with Crippen LogP contribution >= 0.6 is 0 Å². The van der Waals surface area contributed by atoms with Crippen LogP contribution in [0.25, 0.3) is 0 Å². The number of aliphatic carboxylic acids is 1. The van der Waals surface area contributed by atoms with Gasteiger partial charge in [0.15, 0.2) is 5.78 Å². The predicted molar refractivity (Wildman–Crippen MR) is 68.1 cm³/mol.